The Morgan fingerprint density at radius 2 is 2.29 bits per heavy atom. The summed E-state index contributed by atoms with van der Waals surface area (Å²) >= 11 is 7.26. The summed E-state index contributed by atoms with van der Waals surface area (Å²) in [6, 6.07) is 2.91. The summed E-state index contributed by atoms with van der Waals surface area (Å²) in [4.78, 5) is 14.3. The van der Waals surface area contributed by atoms with E-state index < -0.39 is 4.92 Å². The highest BCUT2D eigenvalue weighted by Crippen LogP contribution is 2.34. The number of nitrogens with zero attached hydrogens (tertiary/aromatic N) is 2. The van der Waals surface area contributed by atoms with Crippen LogP contribution in [0.2, 0.25) is 5.02 Å². The van der Waals surface area contributed by atoms with Crippen LogP contribution in [0.1, 0.15) is 5.01 Å². The number of halogens is 1. The van der Waals surface area contributed by atoms with Gasteiger partial charge in [-0.1, -0.05) is 11.6 Å². The van der Waals surface area contributed by atoms with E-state index in [1.807, 2.05) is 0 Å². The summed E-state index contributed by atoms with van der Waals surface area (Å²) in [5.74, 6) is 0. The molecule has 0 unspecified atom stereocenters. The lowest BCUT2D eigenvalue weighted by atomic mass is 10.3. The summed E-state index contributed by atoms with van der Waals surface area (Å²) in [7, 11) is 0. The number of non-ortho nitro benzene ring substituents is 1. The zero-order valence-electron chi connectivity index (χ0n) is 7.15. The van der Waals surface area contributed by atoms with Crippen molar-refractivity contribution in [1.29, 1.82) is 0 Å². The molecule has 0 radical (unpaired) electrons. The van der Waals surface area contributed by atoms with Gasteiger partial charge in [0.2, 0.25) is 0 Å². The van der Waals surface area contributed by atoms with Crippen LogP contribution in [0, 0.1) is 17.0 Å². The van der Waals surface area contributed by atoms with Crippen molar-refractivity contribution in [2.75, 3.05) is 0 Å². The van der Waals surface area contributed by atoms with Gasteiger partial charge in [0, 0.05) is 6.07 Å². The molecule has 2 rings (SSSR count). The summed E-state index contributed by atoms with van der Waals surface area (Å²) in [5.41, 5.74) is 0.388. The molecule has 0 aliphatic heterocycles. The topological polar surface area (TPSA) is 56.0 Å². The molecule has 0 saturated carbocycles. The molecule has 0 N–H and O–H groups in total. The predicted molar refractivity (Wildman–Crippen MR) is 56.0 cm³/mol. The van der Waals surface area contributed by atoms with Gasteiger partial charge in [0.1, 0.15) is 0 Å². The molecule has 0 amide bonds. The van der Waals surface area contributed by atoms with E-state index in [2.05, 4.69) is 4.98 Å². The number of aryl methyl sites for hydroxylation is 1. The molecule has 14 heavy (non-hydrogen) atoms. The Morgan fingerprint density at radius 1 is 1.57 bits per heavy atom. The average Bonchev–Trinajstić information content (AvgIpc) is 2.47. The Kier molecular flexibility index (Phi) is 2.13. The van der Waals surface area contributed by atoms with Crippen LogP contribution in [0.15, 0.2) is 12.1 Å². The molecule has 0 saturated heterocycles. The van der Waals surface area contributed by atoms with Gasteiger partial charge in [-0.15, -0.1) is 11.3 Å². The minimum atomic E-state index is -0.447. The third-order valence-corrected chi connectivity index (χ3v) is 3.21. The van der Waals surface area contributed by atoms with Gasteiger partial charge in [-0.05, 0) is 13.0 Å². The summed E-state index contributed by atoms with van der Waals surface area (Å²) < 4.78 is 0.679. The number of nitro groups is 1. The fourth-order valence-electron chi connectivity index (χ4n) is 1.22. The second-order valence-corrected chi connectivity index (χ2v) is 4.34. The van der Waals surface area contributed by atoms with Gasteiger partial charge in [-0.25, -0.2) is 4.98 Å². The number of hydrogen-bond acceptors (Lipinski definition) is 4. The lowest BCUT2D eigenvalue weighted by Gasteiger charge is -1.93. The van der Waals surface area contributed by atoms with Crippen molar-refractivity contribution in [2.45, 2.75) is 6.92 Å². The minimum absolute atomic E-state index is 0.00810. The Labute approximate surface area is 88.3 Å². The fraction of sp³-hybridized carbons (Fsp3) is 0.125. The highest BCUT2D eigenvalue weighted by atomic mass is 35.5. The van der Waals surface area contributed by atoms with Crippen LogP contribution in [-0.2, 0) is 0 Å². The molecular weight excluding hydrogens is 224 g/mol. The van der Waals surface area contributed by atoms with Gasteiger partial charge < -0.3 is 0 Å². The standard InChI is InChI=1S/C8H5ClN2O2S/c1-4-10-7-6(11(12)13)3-2-5(9)8(7)14-4/h2-3H,1H3. The SMILES string of the molecule is Cc1nc2c([N+](=O)[O-])ccc(Cl)c2s1. The zero-order chi connectivity index (χ0) is 10.3. The van der Waals surface area contributed by atoms with Gasteiger partial charge >= 0.3 is 0 Å². The van der Waals surface area contributed by atoms with Gasteiger partial charge in [-0.2, -0.15) is 0 Å². The number of thiazole rings is 1. The van der Waals surface area contributed by atoms with Crippen molar-refractivity contribution in [3.8, 4) is 0 Å². The van der Waals surface area contributed by atoms with Crippen LogP contribution in [0.4, 0.5) is 5.69 Å². The van der Waals surface area contributed by atoms with Crippen molar-refractivity contribution in [1.82, 2.24) is 4.98 Å². The first-order valence-corrected chi connectivity index (χ1v) is 4.99. The van der Waals surface area contributed by atoms with Crippen molar-refractivity contribution in [2.24, 2.45) is 0 Å². The maximum Gasteiger partial charge on any atom is 0.296 e. The average molecular weight is 229 g/mol. The molecule has 1 aromatic carbocycles. The van der Waals surface area contributed by atoms with Crippen molar-refractivity contribution in [3.05, 3.63) is 32.3 Å². The van der Waals surface area contributed by atoms with E-state index in [9.17, 15) is 10.1 Å². The molecular formula is C8H5ClN2O2S. The first kappa shape index (κ1) is 9.36. The van der Waals surface area contributed by atoms with Crippen molar-refractivity contribution in [3.63, 3.8) is 0 Å². The molecule has 4 nitrogen and oxygen atoms in total. The van der Waals surface area contributed by atoms with E-state index >= 15 is 0 Å². The largest absolute Gasteiger partial charge is 0.296 e. The van der Waals surface area contributed by atoms with Crippen LogP contribution in [-0.4, -0.2) is 9.91 Å². The highest BCUT2D eigenvalue weighted by Gasteiger charge is 2.17. The zero-order valence-corrected chi connectivity index (χ0v) is 8.72. The first-order chi connectivity index (χ1) is 6.59. The fourth-order valence-corrected chi connectivity index (χ4v) is 2.33. The normalized spacial score (nSPS) is 10.7. The molecule has 0 aliphatic carbocycles. The molecule has 72 valence electrons. The van der Waals surface area contributed by atoms with E-state index in [0.29, 0.717) is 15.2 Å². The van der Waals surface area contributed by atoms with Gasteiger partial charge in [0.15, 0.2) is 5.52 Å². The predicted octanol–water partition coefficient (Wildman–Crippen LogP) is 3.17. The van der Waals surface area contributed by atoms with E-state index in [1.165, 1.54) is 23.5 Å². The Balaban J connectivity index is 2.87. The van der Waals surface area contributed by atoms with Crippen molar-refractivity contribution >= 4 is 38.8 Å². The summed E-state index contributed by atoms with van der Waals surface area (Å²) in [5, 5.41) is 11.9. The molecule has 0 spiro atoms. The number of nitro benzene ring substituents is 1. The smallest absolute Gasteiger partial charge is 0.258 e. The number of hydrogen-bond donors (Lipinski definition) is 0. The molecule has 2 aromatic rings. The van der Waals surface area contributed by atoms with Crippen LogP contribution in [0.3, 0.4) is 0 Å². The number of benzene rings is 1. The molecule has 0 bridgehead atoms. The molecule has 0 atom stereocenters. The lowest BCUT2D eigenvalue weighted by molar-refractivity contribution is -0.383. The summed E-state index contributed by atoms with van der Waals surface area (Å²) in [6.07, 6.45) is 0. The monoisotopic (exact) mass is 228 g/mol. The Hall–Kier alpha value is -1.20. The van der Waals surface area contributed by atoms with E-state index in [4.69, 9.17) is 11.6 Å². The molecule has 0 fully saturated rings. The molecule has 0 aliphatic rings. The molecule has 6 heteroatoms. The van der Waals surface area contributed by atoms with Gasteiger partial charge in [0.05, 0.1) is 19.7 Å². The Morgan fingerprint density at radius 3 is 2.93 bits per heavy atom. The van der Waals surface area contributed by atoms with Crippen LogP contribution < -0.4 is 0 Å². The second kappa shape index (κ2) is 3.18. The Bertz CT molecular complexity index is 523. The van der Waals surface area contributed by atoms with Gasteiger partial charge in [-0.3, -0.25) is 10.1 Å². The quantitative estimate of drug-likeness (QED) is 0.556. The maximum absolute atomic E-state index is 10.7. The lowest BCUT2D eigenvalue weighted by Crippen LogP contribution is -1.88. The third kappa shape index (κ3) is 1.34. The number of aromatic nitrogens is 1. The molecule has 1 aromatic heterocycles. The van der Waals surface area contributed by atoms with Crippen LogP contribution >= 0.6 is 22.9 Å². The summed E-state index contributed by atoms with van der Waals surface area (Å²) in [6.45, 7) is 1.80. The van der Waals surface area contributed by atoms with E-state index in [-0.39, 0.29) is 5.69 Å². The van der Waals surface area contributed by atoms with E-state index in [1.54, 1.807) is 6.92 Å². The van der Waals surface area contributed by atoms with Crippen molar-refractivity contribution < 1.29 is 4.92 Å². The highest BCUT2D eigenvalue weighted by molar-refractivity contribution is 7.19. The van der Waals surface area contributed by atoms with Gasteiger partial charge in [0.25, 0.3) is 5.69 Å². The second-order valence-electron chi connectivity index (χ2n) is 2.73. The minimum Gasteiger partial charge on any atom is -0.258 e. The van der Waals surface area contributed by atoms with Crippen LogP contribution in [0.25, 0.3) is 10.2 Å². The number of rotatable bonds is 1. The maximum atomic E-state index is 10.7. The van der Waals surface area contributed by atoms with Crippen LogP contribution in [0.5, 0.6) is 0 Å². The third-order valence-electron chi connectivity index (χ3n) is 1.78. The van der Waals surface area contributed by atoms with E-state index in [0.717, 1.165) is 5.01 Å². The first-order valence-electron chi connectivity index (χ1n) is 3.79. The number of fused-ring (bicyclic) bond motifs is 1. The molecule has 1 heterocycles.